The zero-order valence-corrected chi connectivity index (χ0v) is 9.78. The number of para-hydroxylation sites is 1. The van der Waals surface area contributed by atoms with Crippen molar-refractivity contribution < 1.29 is 4.79 Å². The third-order valence-corrected chi connectivity index (χ3v) is 2.70. The number of hydrogen-bond acceptors (Lipinski definition) is 1. The van der Waals surface area contributed by atoms with Crippen molar-refractivity contribution in [2.45, 2.75) is 6.92 Å². The lowest BCUT2D eigenvalue weighted by atomic mass is 10.3. The molecule has 0 radical (unpaired) electrons. The molecule has 3 heteroatoms. The lowest BCUT2D eigenvalue weighted by molar-refractivity contribution is -0.114. The molecule has 0 saturated heterocycles. The number of anilines is 1. The van der Waals surface area contributed by atoms with Crippen molar-refractivity contribution in [1.82, 2.24) is 0 Å². The predicted octanol–water partition coefficient (Wildman–Crippen LogP) is 2.95. The van der Waals surface area contributed by atoms with Gasteiger partial charge in [-0.1, -0.05) is 24.3 Å². The zero-order valence-electron chi connectivity index (χ0n) is 8.20. The van der Waals surface area contributed by atoms with E-state index >= 15 is 0 Å². The molecule has 1 amide bonds. The van der Waals surface area contributed by atoms with E-state index in [0.29, 0.717) is 4.48 Å². The molecule has 0 atom stereocenters. The molecule has 0 fully saturated rings. The van der Waals surface area contributed by atoms with Crippen LogP contribution in [0.1, 0.15) is 6.92 Å². The van der Waals surface area contributed by atoms with Crippen LogP contribution in [0.2, 0.25) is 0 Å². The molecule has 1 rings (SSSR count). The van der Waals surface area contributed by atoms with E-state index in [1.165, 1.54) is 0 Å². The number of benzene rings is 1. The van der Waals surface area contributed by atoms with Crippen molar-refractivity contribution in [1.29, 1.82) is 0 Å². The van der Waals surface area contributed by atoms with E-state index < -0.39 is 0 Å². The second-order valence-electron chi connectivity index (χ2n) is 2.84. The lowest BCUT2D eigenvalue weighted by Gasteiger charge is -2.16. The van der Waals surface area contributed by atoms with Crippen LogP contribution in [0.15, 0.2) is 40.9 Å². The molecule has 0 spiro atoms. The van der Waals surface area contributed by atoms with Gasteiger partial charge in [0.2, 0.25) is 0 Å². The predicted molar refractivity (Wildman–Crippen MR) is 62.5 cm³/mol. The van der Waals surface area contributed by atoms with Crippen LogP contribution in [0.5, 0.6) is 0 Å². The molecule has 74 valence electrons. The lowest BCUT2D eigenvalue weighted by Crippen LogP contribution is -2.25. The number of likely N-dealkylation sites (N-methyl/N-ethyl adjacent to an activating group) is 1. The van der Waals surface area contributed by atoms with Gasteiger partial charge < -0.3 is 4.90 Å². The second-order valence-corrected chi connectivity index (χ2v) is 3.69. The number of carbonyl (C=O) groups excluding carboxylic acids is 1. The fourth-order valence-corrected chi connectivity index (χ4v) is 1.32. The molecule has 2 nitrogen and oxygen atoms in total. The molecule has 0 aliphatic carbocycles. The summed E-state index contributed by atoms with van der Waals surface area (Å²) in [6, 6.07) is 9.53. The van der Waals surface area contributed by atoms with Gasteiger partial charge >= 0.3 is 0 Å². The molecule has 0 aromatic heterocycles. The number of rotatable bonds is 2. The molecule has 0 N–H and O–H groups in total. The summed E-state index contributed by atoms with van der Waals surface area (Å²) in [6.45, 7) is 1.82. The summed E-state index contributed by atoms with van der Waals surface area (Å²) in [5.41, 5.74) is 0.885. The fraction of sp³-hybridized carbons (Fsp3) is 0.182. The zero-order chi connectivity index (χ0) is 10.6. The molecular formula is C11H12BrNO. The second kappa shape index (κ2) is 4.96. The molecule has 0 unspecified atom stereocenters. The highest BCUT2D eigenvalue weighted by Gasteiger charge is 2.12. The highest BCUT2D eigenvalue weighted by atomic mass is 79.9. The van der Waals surface area contributed by atoms with Crippen LogP contribution >= 0.6 is 15.9 Å². The third kappa shape index (κ3) is 2.45. The maximum Gasteiger partial charge on any atom is 0.264 e. The quantitative estimate of drug-likeness (QED) is 0.743. The third-order valence-electron chi connectivity index (χ3n) is 1.91. The van der Waals surface area contributed by atoms with Gasteiger partial charge in [-0.2, -0.15) is 0 Å². The Morgan fingerprint density at radius 1 is 1.36 bits per heavy atom. The number of allylic oxidation sites excluding steroid dienone is 1. The van der Waals surface area contributed by atoms with Crippen molar-refractivity contribution in [2.24, 2.45) is 0 Å². The number of halogens is 1. The minimum atomic E-state index is -0.0429. The van der Waals surface area contributed by atoms with Crippen molar-refractivity contribution in [2.75, 3.05) is 11.9 Å². The summed E-state index contributed by atoms with van der Waals surface area (Å²) in [6.07, 6.45) is 1.74. The Hall–Kier alpha value is -1.09. The Labute approximate surface area is 92.4 Å². The molecule has 1 aromatic rings. The van der Waals surface area contributed by atoms with Gasteiger partial charge in [0.1, 0.15) is 0 Å². The van der Waals surface area contributed by atoms with Gasteiger partial charge in [0.15, 0.2) is 0 Å². The Kier molecular flexibility index (Phi) is 3.89. The minimum Gasteiger partial charge on any atom is -0.311 e. The molecule has 0 bridgehead atoms. The minimum absolute atomic E-state index is 0.0429. The maximum atomic E-state index is 11.7. The monoisotopic (exact) mass is 253 g/mol. The van der Waals surface area contributed by atoms with E-state index in [2.05, 4.69) is 15.9 Å². The van der Waals surface area contributed by atoms with Gasteiger partial charge in [-0.15, -0.1) is 0 Å². The molecule has 0 aliphatic rings. The summed E-state index contributed by atoms with van der Waals surface area (Å²) in [5.74, 6) is -0.0429. The number of carbonyl (C=O) groups is 1. The Bertz CT molecular complexity index is 346. The maximum absolute atomic E-state index is 11.7. The van der Waals surface area contributed by atoms with E-state index in [-0.39, 0.29) is 5.91 Å². The van der Waals surface area contributed by atoms with Crippen molar-refractivity contribution in [3.05, 3.63) is 40.9 Å². The summed E-state index contributed by atoms with van der Waals surface area (Å²) in [4.78, 5) is 13.3. The first-order valence-corrected chi connectivity index (χ1v) is 5.11. The number of hydrogen-bond donors (Lipinski definition) is 0. The van der Waals surface area contributed by atoms with Gasteiger partial charge in [0.05, 0.1) is 4.48 Å². The highest BCUT2D eigenvalue weighted by molar-refractivity contribution is 9.12. The fourth-order valence-electron chi connectivity index (χ4n) is 1.05. The van der Waals surface area contributed by atoms with Gasteiger partial charge in [-0.3, -0.25) is 4.79 Å². The number of nitrogens with zero attached hydrogens (tertiary/aromatic N) is 1. The van der Waals surface area contributed by atoms with E-state index in [0.717, 1.165) is 5.69 Å². The average Bonchev–Trinajstić information content (AvgIpc) is 2.27. The average molecular weight is 254 g/mol. The molecule has 0 heterocycles. The Balaban J connectivity index is 2.87. The van der Waals surface area contributed by atoms with E-state index in [9.17, 15) is 4.79 Å². The smallest absolute Gasteiger partial charge is 0.264 e. The van der Waals surface area contributed by atoms with Crippen LogP contribution in [-0.4, -0.2) is 13.0 Å². The van der Waals surface area contributed by atoms with Crippen molar-refractivity contribution in [3.8, 4) is 0 Å². The van der Waals surface area contributed by atoms with Crippen LogP contribution < -0.4 is 4.90 Å². The topological polar surface area (TPSA) is 20.3 Å². The largest absolute Gasteiger partial charge is 0.311 e. The first-order valence-electron chi connectivity index (χ1n) is 4.31. The van der Waals surface area contributed by atoms with E-state index in [4.69, 9.17) is 0 Å². The van der Waals surface area contributed by atoms with Crippen LogP contribution in [0.25, 0.3) is 0 Å². The van der Waals surface area contributed by atoms with Gasteiger partial charge in [-0.25, -0.2) is 0 Å². The SMILES string of the molecule is C/C=C(\Br)C(=O)N(C)c1ccccc1. The van der Waals surface area contributed by atoms with E-state index in [1.54, 1.807) is 18.0 Å². The molecule has 0 saturated carbocycles. The van der Waals surface area contributed by atoms with Gasteiger partial charge in [0, 0.05) is 12.7 Å². The molecule has 0 aliphatic heterocycles. The van der Waals surface area contributed by atoms with Crippen LogP contribution in [-0.2, 0) is 4.79 Å². The van der Waals surface area contributed by atoms with Crippen molar-refractivity contribution in [3.63, 3.8) is 0 Å². The van der Waals surface area contributed by atoms with Gasteiger partial charge in [-0.05, 0) is 35.0 Å². The standard InChI is InChI=1S/C11H12BrNO/c1-3-10(12)11(14)13(2)9-7-5-4-6-8-9/h3-8H,1-2H3/b10-3-. The first-order chi connectivity index (χ1) is 6.66. The highest BCUT2D eigenvalue weighted by Crippen LogP contribution is 2.16. The van der Waals surface area contributed by atoms with E-state index in [1.807, 2.05) is 37.3 Å². The summed E-state index contributed by atoms with van der Waals surface area (Å²) in [7, 11) is 1.75. The van der Waals surface area contributed by atoms with Crippen LogP contribution in [0.4, 0.5) is 5.69 Å². The normalized spacial score (nSPS) is 11.2. The van der Waals surface area contributed by atoms with Crippen molar-refractivity contribution >= 4 is 27.5 Å². The van der Waals surface area contributed by atoms with Crippen LogP contribution in [0, 0.1) is 0 Å². The summed E-state index contributed by atoms with van der Waals surface area (Å²) >= 11 is 3.21. The Morgan fingerprint density at radius 2 is 1.93 bits per heavy atom. The summed E-state index contributed by atoms with van der Waals surface area (Å²) < 4.78 is 0.573. The molecule has 1 aromatic carbocycles. The number of amides is 1. The Morgan fingerprint density at radius 3 is 2.43 bits per heavy atom. The summed E-state index contributed by atoms with van der Waals surface area (Å²) in [5, 5.41) is 0. The van der Waals surface area contributed by atoms with Gasteiger partial charge in [0.25, 0.3) is 5.91 Å². The van der Waals surface area contributed by atoms with Crippen LogP contribution in [0.3, 0.4) is 0 Å². The first kappa shape index (κ1) is 11.0. The molecular weight excluding hydrogens is 242 g/mol. The molecule has 14 heavy (non-hydrogen) atoms.